The van der Waals surface area contributed by atoms with Crippen molar-refractivity contribution in [2.75, 3.05) is 5.32 Å². The fourth-order valence-electron chi connectivity index (χ4n) is 2.41. The van der Waals surface area contributed by atoms with Crippen molar-refractivity contribution >= 4 is 46.7 Å². The van der Waals surface area contributed by atoms with Crippen LogP contribution in [-0.4, -0.2) is 30.9 Å². The van der Waals surface area contributed by atoms with Crippen molar-refractivity contribution in [3.05, 3.63) is 65.3 Å². The molecule has 1 aromatic carbocycles. The molecule has 0 aliphatic heterocycles. The topological polar surface area (TPSA) is 72.7 Å². The van der Waals surface area contributed by atoms with Gasteiger partial charge < -0.3 is 5.32 Å². The molecule has 3 aromatic rings. The molecule has 0 saturated heterocycles. The van der Waals surface area contributed by atoms with Gasteiger partial charge in [0.25, 0.3) is 0 Å². The molecule has 1 amide bonds. The fourth-order valence-corrected chi connectivity index (χ4v) is 3.69. The third kappa shape index (κ3) is 4.73. The van der Waals surface area contributed by atoms with Crippen molar-refractivity contribution in [2.45, 2.75) is 23.9 Å². The highest BCUT2D eigenvalue weighted by Gasteiger charge is 2.21. The van der Waals surface area contributed by atoms with E-state index in [9.17, 15) is 4.79 Å². The third-order valence-corrected chi connectivity index (χ3v) is 5.34. The summed E-state index contributed by atoms with van der Waals surface area (Å²) in [6.07, 6.45) is 3.19. The second-order valence-electron chi connectivity index (χ2n) is 5.80. The van der Waals surface area contributed by atoms with Gasteiger partial charge in [0, 0.05) is 18.3 Å². The predicted octanol–water partition coefficient (Wildman–Crippen LogP) is 4.95. The molecule has 2 heterocycles. The average Bonchev–Trinajstić information content (AvgIpc) is 3.07. The number of hydrogen-bond donors (Lipinski definition) is 1. The van der Waals surface area contributed by atoms with E-state index in [1.54, 1.807) is 13.0 Å². The minimum atomic E-state index is -0.454. The van der Waals surface area contributed by atoms with Gasteiger partial charge in [0.2, 0.25) is 5.91 Å². The van der Waals surface area contributed by atoms with Crippen molar-refractivity contribution in [1.29, 1.82) is 0 Å². The van der Waals surface area contributed by atoms with E-state index < -0.39 is 5.25 Å². The molecule has 0 aliphatic rings. The Morgan fingerprint density at radius 2 is 2.07 bits per heavy atom. The van der Waals surface area contributed by atoms with E-state index in [4.69, 9.17) is 23.2 Å². The molecule has 6 nitrogen and oxygen atoms in total. The van der Waals surface area contributed by atoms with E-state index in [2.05, 4.69) is 27.1 Å². The zero-order chi connectivity index (χ0) is 20.1. The first-order valence-corrected chi connectivity index (χ1v) is 10.0. The number of carbonyl (C=O) groups excluding carboxylic acids is 1. The van der Waals surface area contributed by atoms with Crippen LogP contribution in [0.1, 0.15) is 6.92 Å². The lowest BCUT2D eigenvalue weighted by molar-refractivity contribution is -0.115. The van der Waals surface area contributed by atoms with Crippen LogP contribution in [0.2, 0.25) is 10.0 Å². The molecule has 0 radical (unpaired) electrons. The Morgan fingerprint density at radius 3 is 2.75 bits per heavy atom. The van der Waals surface area contributed by atoms with Gasteiger partial charge in [-0.05, 0) is 13.0 Å². The van der Waals surface area contributed by atoms with Crippen LogP contribution in [0, 0.1) is 0 Å². The van der Waals surface area contributed by atoms with Crippen LogP contribution in [-0.2, 0) is 11.3 Å². The first kappa shape index (κ1) is 20.4. The summed E-state index contributed by atoms with van der Waals surface area (Å²) in [6.45, 7) is 6.10. The summed E-state index contributed by atoms with van der Waals surface area (Å²) in [5, 5.41) is 12.1. The highest BCUT2D eigenvalue weighted by atomic mass is 35.5. The minimum absolute atomic E-state index is 0.254. The van der Waals surface area contributed by atoms with Gasteiger partial charge in [0.05, 0.1) is 15.3 Å². The van der Waals surface area contributed by atoms with Crippen molar-refractivity contribution in [3.63, 3.8) is 0 Å². The van der Waals surface area contributed by atoms with Crippen molar-refractivity contribution in [1.82, 2.24) is 19.7 Å². The summed E-state index contributed by atoms with van der Waals surface area (Å²) in [5.41, 5.74) is 0.943. The van der Waals surface area contributed by atoms with Crippen molar-refractivity contribution in [2.24, 2.45) is 0 Å². The number of allylic oxidation sites excluding steroid dienone is 1. The largest absolute Gasteiger partial charge is 0.308 e. The highest BCUT2D eigenvalue weighted by Crippen LogP contribution is 2.28. The second kappa shape index (κ2) is 9.23. The van der Waals surface area contributed by atoms with Crippen LogP contribution in [0.15, 0.2) is 60.4 Å². The predicted molar refractivity (Wildman–Crippen MR) is 114 cm³/mol. The first-order chi connectivity index (χ1) is 13.5. The van der Waals surface area contributed by atoms with Gasteiger partial charge in [-0.3, -0.25) is 9.36 Å². The van der Waals surface area contributed by atoms with Gasteiger partial charge in [0.15, 0.2) is 16.8 Å². The van der Waals surface area contributed by atoms with E-state index in [0.29, 0.717) is 16.7 Å². The van der Waals surface area contributed by atoms with Gasteiger partial charge >= 0.3 is 0 Å². The quantitative estimate of drug-likeness (QED) is 0.421. The smallest absolute Gasteiger partial charge is 0.238 e. The number of thioether (sulfide) groups is 1. The zero-order valence-electron chi connectivity index (χ0n) is 15.0. The molecule has 28 heavy (non-hydrogen) atoms. The molecule has 1 unspecified atom stereocenters. The van der Waals surface area contributed by atoms with Gasteiger partial charge in [0.1, 0.15) is 0 Å². The molecule has 3 rings (SSSR count). The summed E-state index contributed by atoms with van der Waals surface area (Å²) in [4.78, 5) is 16.6. The average molecular weight is 434 g/mol. The number of carbonyl (C=O) groups is 1. The highest BCUT2D eigenvalue weighted by molar-refractivity contribution is 8.00. The van der Waals surface area contributed by atoms with Crippen molar-refractivity contribution in [3.8, 4) is 11.4 Å². The number of halogens is 2. The maximum absolute atomic E-state index is 12.6. The maximum Gasteiger partial charge on any atom is 0.238 e. The van der Waals surface area contributed by atoms with Crippen LogP contribution < -0.4 is 5.32 Å². The van der Waals surface area contributed by atoms with E-state index in [-0.39, 0.29) is 16.7 Å². The molecule has 0 aliphatic carbocycles. The van der Waals surface area contributed by atoms with Crippen molar-refractivity contribution < 1.29 is 4.79 Å². The lowest BCUT2D eigenvalue weighted by Crippen LogP contribution is -2.23. The molecular formula is C19H17Cl2N5OS. The Kier molecular flexibility index (Phi) is 6.72. The second-order valence-corrected chi connectivity index (χ2v) is 7.96. The monoisotopic (exact) mass is 433 g/mol. The van der Waals surface area contributed by atoms with E-state index in [1.807, 2.05) is 34.9 Å². The lowest BCUT2D eigenvalue weighted by Gasteiger charge is -2.13. The minimum Gasteiger partial charge on any atom is -0.308 e. The molecule has 144 valence electrons. The number of nitrogens with one attached hydrogen (secondary N) is 1. The van der Waals surface area contributed by atoms with E-state index in [1.165, 1.54) is 24.0 Å². The normalized spacial score (nSPS) is 11.8. The fraction of sp³-hybridized carbons (Fsp3) is 0.158. The number of pyridine rings is 1. The third-order valence-electron chi connectivity index (χ3n) is 3.76. The van der Waals surface area contributed by atoms with Gasteiger partial charge in [-0.2, -0.15) is 0 Å². The Bertz CT molecular complexity index is 993. The molecule has 0 fully saturated rings. The number of hydrogen-bond acceptors (Lipinski definition) is 5. The summed E-state index contributed by atoms with van der Waals surface area (Å²) >= 11 is 13.2. The van der Waals surface area contributed by atoms with E-state index >= 15 is 0 Å². The summed E-state index contributed by atoms with van der Waals surface area (Å²) in [7, 11) is 0. The van der Waals surface area contributed by atoms with Crippen LogP contribution in [0.4, 0.5) is 5.82 Å². The number of amides is 1. The summed E-state index contributed by atoms with van der Waals surface area (Å²) in [6, 6.07) is 11.3. The molecule has 0 saturated carbocycles. The summed E-state index contributed by atoms with van der Waals surface area (Å²) < 4.78 is 1.92. The molecule has 2 aromatic heterocycles. The number of nitrogens with zero attached hydrogens (tertiary/aromatic N) is 4. The zero-order valence-corrected chi connectivity index (χ0v) is 17.3. The van der Waals surface area contributed by atoms with Gasteiger partial charge in [-0.1, -0.05) is 71.4 Å². The Balaban J connectivity index is 1.78. The molecule has 0 bridgehead atoms. The lowest BCUT2D eigenvalue weighted by atomic mass is 10.2. The maximum atomic E-state index is 12.6. The van der Waals surface area contributed by atoms with Crippen LogP contribution >= 0.6 is 35.0 Å². The number of anilines is 1. The Hall–Kier alpha value is -2.35. The number of rotatable bonds is 7. The van der Waals surface area contributed by atoms with Gasteiger partial charge in [-0.25, -0.2) is 4.98 Å². The van der Waals surface area contributed by atoms with Crippen LogP contribution in [0.25, 0.3) is 11.4 Å². The van der Waals surface area contributed by atoms with Crippen LogP contribution in [0.5, 0.6) is 0 Å². The Morgan fingerprint density at radius 1 is 1.32 bits per heavy atom. The molecule has 9 heteroatoms. The van der Waals surface area contributed by atoms with Crippen LogP contribution in [0.3, 0.4) is 0 Å². The number of benzene rings is 1. The van der Waals surface area contributed by atoms with Gasteiger partial charge in [-0.15, -0.1) is 16.8 Å². The molecule has 1 N–H and O–H groups in total. The standard InChI is InChI=1S/C19H17Cl2N5OS/c1-3-9-26-17(13-7-5-4-6-8-13)24-25-19(26)28-12(2)18(27)23-16-15(21)10-14(20)11-22-16/h3-8,10-12H,1,9H2,2H3,(H,22,23,27). The Labute approximate surface area is 177 Å². The molecule has 1 atom stereocenters. The number of aromatic nitrogens is 4. The summed E-state index contributed by atoms with van der Waals surface area (Å²) in [5.74, 6) is 0.732. The first-order valence-electron chi connectivity index (χ1n) is 8.37. The molecule has 0 spiro atoms. The van der Waals surface area contributed by atoms with E-state index in [0.717, 1.165) is 11.4 Å². The SMILES string of the molecule is C=CCn1c(SC(C)C(=O)Nc2ncc(Cl)cc2Cl)nnc1-c1ccccc1. The molecular weight excluding hydrogens is 417 g/mol.